The zero-order valence-electron chi connectivity index (χ0n) is 12.1. The van der Waals surface area contributed by atoms with Crippen LogP contribution < -0.4 is 5.56 Å². The summed E-state index contributed by atoms with van der Waals surface area (Å²) >= 11 is 0. The van der Waals surface area contributed by atoms with E-state index in [-0.39, 0.29) is 11.4 Å². The predicted octanol–water partition coefficient (Wildman–Crippen LogP) is 2.33. The lowest BCUT2D eigenvalue weighted by molar-refractivity contribution is 0.421. The first-order chi connectivity index (χ1) is 9.95. The monoisotopic (exact) mass is 281 g/mol. The maximum absolute atomic E-state index is 11.8. The number of benzene rings is 1. The molecular weight excluding hydrogens is 266 g/mol. The zero-order chi connectivity index (χ0) is 15.6. The minimum atomic E-state index is -0.514. The molecule has 2 rings (SSSR count). The number of hydrogen-bond acceptors (Lipinski definition) is 4. The molecule has 2 aromatic rings. The standard InChI is InChI=1S/C16H15N3O2/c1-10-4-6-12(7-5-10)18-9-14-11(2)13(8-17)15(20)19(3)16(14)21/h4-7,9,21H,1-3H3. The molecule has 0 aliphatic carbocycles. The largest absolute Gasteiger partial charge is 0.494 e. The Morgan fingerprint density at radius 3 is 2.48 bits per heavy atom. The van der Waals surface area contributed by atoms with Crippen molar-refractivity contribution in [2.45, 2.75) is 13.8 Å². The molecule has 21 heavy (non-hydrogen) atoms. The summed E-state index contributed by atoms with van der Waals surface area (Å²) in [6.45, 7) is 3.60. The van der Waals surface area contributed by atoms with Crippen LogP contribution in [-0.4, -0.2) is 15.9 Å². The third-order valence-electron chi connectivity index (χ3n) is 3.34. The Kier molecular flexibility index (Phi) is 3.90. The van der Waals surface area contributed by atoms with E-state index in [1.54, 1.807) is 6.92 Å². The molecule has 5 heteroatoms. The molecular formula is C16H15N3O2. The number of rotatable bonds is 2. The molecule has 1 N–H and O–H groups in total. The Hall–Kier alpha value is -2.87. The number of aryl methyl sites for hydroxylation is 1. The normalized spacial score (nSPS) is 10.8. The van der Waals surface area contributed by atoms with Crippen LogP contribution in [0.2, 0.25) is 0 Å². The Labute approximate surface area is 122 Å². The van der Waals surface area contributed by atoms with Crippen LogP contribution in [0.15, 0.2) is 34.1 Å². The summed E-state index contributed by atoms with van der Waals surface area (Å²) in [5.74, 6) is -0.202. The molecule has 0 radical (unpaired) electrons. The lowest BCUT2D eigenvalue weighted by Crippen LogP contribution is -2.22. The molecule has 1 aromatic carbocycles. The third kappa shape index (κ3) is 2.70. The van der Waals surface area contributed by atoms with Crippen molar-refractivity contribution in [1.82, 2.24) is 4.57 Å². The second-order valence-electron chi connectivity index (χ2n) is 4.81. The van der Waals surface area contributed by atoms with Crippen LogP contribution >= 0.6 is 0 Å². The van der Waals surface area contributed by atoms with Gasteiger partial charge in [0.15, 0.2) is 0 Å². The Balaban J connectivity index is 2.55. The molecule has 1 aromatic heterocycles. The average molecular weight is 281 g/mol. The highest BCUT2D eigenvalue weighted by Gasteiger charge is 2.15. The smallest absolute Gasteiger partial charge is 0.271 e. The quantitative estimate of drug-likeness (QED) is 0.858. The maximum Gasteiger partial charge on any atom is 0.271 e. The summed E-state index contributed by atoms with van der Waals surface area (Å²) in [4.78, 5) is 16.1. The van der Waals surface area contributed by atoms with Gasteiger partial charge < -0.3 is 5.11 Å². The summed E-state index contributed by atoms with van der Waals surface area (Å²) in [7, 11) is 1.42. The van der Waals surface area contributed by atoms with Crippen LogP contribution in [0.4, 0.5) is 5.69 Å². The molecule has 0 aliphatic rings. The van der Waals surface area contributed by atoms with Crippen LogP contribution in [0.5, 0.6) is 5.88 Å². The van der Waals surface area contributed by atoms with Gasteiger partial charge in [-0.1, -0.05) is 17.7 Å². The summed E-state index contributed by atoms with van der Waals surface area (Å²) in [5, 5.41) is 19.1. The number of pyridine rings is 1. The van der Waals surface area contributed by atoms with E-state index >= 15 is 0 Å². The molecule has 0 unspecified atom stereocenters. The fourth-order valence-electron chi connectivity index (χ4n) is 1.96. The second-order valence-corrected chi connectivity index (χ2v) is 4.81. The lowest BCUT2D eigenvalue weighted by atomic mass is 10.1. The van der Waals surface area contributed by atoms with Crippen molar-refractivity contribution in [2.24, 2.45) is 12.0 Å². The maximum atomic E-state index is 11.8. The number of aromatic nitrogens is 1. The van der Waals surface area contributed by atoms with Crippen LogP contribution in [0.1, 0.15) is 22.3 Å². The Morgan fingerprint density at radius 1 is 1.29 bits per heavy atom. The van der Waals surface area contributed by atoms with Crippen LogP contribution in [-0.2, 0) is 7.05 Å². The van der Waals surface area contributed by atoms with Gasteiger partial charge in [-0.05, 0) is 31.5 Å². The van der Waals surface area contributed by atoms with E-state index in [4.69, 9.17) is 5.26 Å². The number of hydrogen-bond donors (Lipinski definition) is 1. The zero-order valence-corrected chi connectivity index (χ0v) is 12.1. The van der Waals surface area contributed by atoms with E-state index < -0.39 is 5.56 Å². The van der Waals surface area contributed by atoms with Gasteiger partial charge >= 0.3 is 0 Å². The summed E-state index contributed by atoms with van der Waals surface area (Å²) in [6.07, 6.45) is 1.47. The molecule has 0 aliphatic heterocycles. The molecule has 0 saturated heterocycles. The fraction of sp³-hybridized carbons (Fsp3) is 0.188. The predicted molar refractivity (Wildman–Crippen MR) is 81.2 cm³/mol. The van der Waals surface area contributed by atoms with Crippen LogP contribution in [0.25, 0.3) is 0 Å². The molecule has 1 heterocycles. The van der Waals surface area contributed by atoms with Gasteiger partial charge in [-0.15, -0.1) is 0 Å². The molecule has 0 bridgehead atoms. The topological polar surface area (TPSA) is 78.4 Å². The second kappa shape index (κ2) is 5.63. The highest BCUT2D eigenvalue weighted by Crippen LogP contribution is 2.20. The van der Waals surface area contributed by atoms with E-state index in [2.05, 4.69) is 4.99 Å². The molecule has 0 fully saturated rings. The number of aromatic hydroxyl groups is 1. The minimum absolute atomic E-state index is 0.0145. The SMILES string of the molecule is Cc1ccc(N=Cc2c(C)c(C#N)c(=O)n(C)c2O)cc1. The summed E-state index contributed by atoms with van der Waals surface area (Å²) in [6, 6.07) is 9.44. The van der Waals surface area contributed by atoms with Crippen molar-refractivity contribution >= 4 is 11.9 Å². The summed E-state index contributed by atoms with van der Waals surface area (Å²) < 4.78 is 1.04. The Bertz CT molecular complexity index is 809. The minimum Gasteiger partial charge on any atom is -0.494 e. The van der Waals surface area contributed by atoms with Crippen molar-refractivity contribution in [2.75, 3.05) is 0 Å². The van der Waals surface area contributed by atoms with Crippen molar-refractivity contribution < 1.29 is 5.11 Å². The van der Waals surface area contributed by atoms with E-state index in [1.807, 2.05) is 37.3 Å². The fourth-order valence-corrected chi connectivity index (χ4v) is 1.96. The molecule has 0 atom stereocenters. The Morgan fingerprint density at radius 2 is 1.90 bits per heavy atom. The van der Waals surface area contributed by atoms with E-state index in [9.17, 15) is 9.90 Å². The number of nitrogens with zero attached hydrogens (tertiary/aromatic N) is 3. The molecule has 0 saturated carbocycles. The van der Waals surface area contributed by atoms with Gasteiger partial charge in [0.05, 0.1) is 11.3 Å². The first-order valence-electron chi connectivity index (χ1n) is 6.39. The van der Waals surface area contributed by atoms with Gasteiger partial charge in [0.25, 0.3) is 5.56 Å². The third-order valence-corrected chi connectivity index (χ3v) is 3.34. The first-order valence-corrected chi connectivity index (χ1v) is 6.39. The molecule has 0 spiro atoms. The van der Waals surface area contributed by atoms with Gasteiger partial charge in [-0.25, -0.2) is 0 Å². The van der Waals surface area contributed by atoms with Crippen molar-refractivity contribution in [3.05, 3.63) is 56.9 Å². The van der Waals surface area contributed by atoms with Gasteiger partial charge in [-0.3, -0.25) is 14.4 Å². The first kappa shape index (κ1) is 14.5. The van der Waals surface area contributed by atoms with E-state index in [0.29, 0.717) is 11.1 Å². The summed E-state index contributed by atoms with van der Waals surface area (Å²) in [5.41, 5.74) is 2.15. The lowest BCUT2D eigenvalue weighted by Gasteiger charge is -2.09. The van der Waals surface area contributed by atoms with Crippen LogP contribution in [0, 0.1) is 25.2 Å². The van der Waals surface area contributed by atoms with E-state index in [0.717, 1.165) is 15.8 Å². The van der Waals surface area contributed by atoms with Gasteiger partial charge in [-0.2, -0.15) is 5.26 Å². The average Bonchev–Trinajstić information content (AvgIpc) is 2.47. The van der Waals surface area contributed by atoms with Crippen molar-refractivity contribution in [3.8, 4) is 11.9 Å². The highest BCUT2D eigenvalue weighted by atomic mass is 16.3. The number of aliphatic imine (C=N–C) groups is 1. The highest BCUT2D eigenvalue weighted by molar-refractivity contribution is 5.87. The molecule has 0 amide bonds. The van der Waals surface area contributed by atoms with Crippen molar-refractivity contribution in [1.29, 1.82) is 5.26 Å². The van der Waals surface area contributed by atoms with Crippen LogP contribution in [0.3, 0.4) is 0 Å². The molecule has 106 valence electrons. The van der Waals surface area contributed by atoms with E-state index in [1.165, 1.54) is 13.3 Å². The van der Waals surface area contributed by atoms with Gasteiger partial charge in [0.2, 0.25) is 5.88 Å². The van der Waals surface area contributed by atoms with Gasteiger partial charge in [0, 0.05) is 13.3 Å². The molecule has 5 nitrogen and oxygen atoms in total. The van der Waals surface area contributed by atoms with Crippen molar-refractivity contribution in [3.63, 3.8) is 0 Å². The number of nitriles is 1. The van der Waals surface area contributed by atoms with Gasteiger partial charge in [0.1, 0.15) is 11.6 Å².